The molecule has 6 nitrogen and oxygen atoms in total. The van der Waals surface area contributed by atoms with E-state index < -0.39 is 5.82 Å². The van der Waals surface area contributed by atoms with Crippen molar-refractivity contribution in [3.05, 3.63) is 41.9 Å². The average molecular weight is 410 g/mol. The standard InChI is InChI=1S/C23H27FN4O2/c1-22(4-5-22)13-30-20-18(24)6-16(9-25-20)21(29)28-11-23(12-28)7-17(8-23)27-10-19(26-14-27)15-2-3-15/h6,9-10,14-15,17H,2-5,7-8,11-13H2,1H3. The second-order valence-electron chi connectivity index (χ2n) is 10.4. The van der Waals surface area contributed by atoms with E-state index in [1.807, 2.05) is 11.2 Å². The Bertz CT molecular complexity index is 996. The van der Waals surface area contributed by atoms with Crippen molar-refractivity contribution < 1.29 is 13.9 Å². The van der Waals surface area contributed by atoms with Crippen molar-refractivity contribution in [2.45, 2.75) is 57.4 Å². The van der Waals surface area contributed by atoms with Gasteiger partial charge in [-0.15, -0.1) is 0 Å². The molecule has 1 saturated heterocycles. The van der Waals surface area contributed by atoms with Gasteiger partial charge in [0.25, 0.3) is 5.91 Å². The Balaban J connectivity index is 1.03. The van der Waals surface area contributed by atoms with E-state index in [0.717, 1.165) is 38.8 Å². The van der Waals surface area contributed by atoms with E-state index in [4.69, 9.17) is 4.74 Å². The highest BCUT2D eigenvalue weighted by Gasteiger charge is 2.54. The first-order valence-electron chi connectivity index (χ1n) is 11.0. The monoisotopic (exact) mass is 410 g/mol. The number of imidazole rings is 1. The van der Waals surface area contributed by atoms with Crippen molar-refractivity contribution >= 4 is 5.91 Å². The van der Waals surface area contributed by atoms with E-state index >= 15 is 0 Å². The summed E-state index contributed by atoms with van der Waals surface area (Å²) in [5, 5.41) is 0. The van der Waals surface area contributed by atoms with Gasteiger partial charge in [0.1, 0.15) is 0 Å². The number of likely N-dealkylation sites (tertiary alicyclic amines) is 1. The quantitative estimate of drug-likeness (QED) is 0.724. The fourth-order valence-corrected chi connectivity index (χ4v) is 4.89. The Kier molecular flexibility index (Phi) is 3.84. The van der Waals surface area contributed by atoms with E-state index in [1.54, 1.807) is 0 Å². The van der Waals surface area contributed by atoms with Gasteiger partial charge in [0.15, 0.2) is 5.82 Å². The van der Waals surface area contributed by atoms with Crippen LogP contribution in [0.25, 0.3) is 0 Å². The molecule has 6 rings (SSSR count). The van der Waals surface area contributed by atoms with Crippen LogP contribution in [0.15, 0.2) is 24.8 Å². The summed E-state index contributed by atoms with van der Waals surface area (Å²) in [4.78, 5) is 23.2. The number of pyridine rings is 1. The van der Waals surface area contributed by atoms with Gasteiger partial charge >= 0.3 is 0 Å². The van der Waals surface area contributed by atoms with E-state index in [9.17, 15) is 9.18 Å². The summed E-state index contributed by atoms with van der Waals surface area (Å²) in [6.07, 6.45) is 12.5. The second-order valence-corrected chi connectivity index (χ2v) is 10.4. The SMILES string of the molecule is CC1(COc2ncc(C(=O)N3CC4(CC(n5cnc(C6CC6)c5)C4)C3)cc2F)CC1. The van der Waals surface area contributed by atoms with Crippen molar-refractivity contribution in [3.63, 3.8) is 0 Å². The zero-order chi connectivity index (χ0) is 20.5. The van der Waals surface area contributed by atoms with Gasteiger partial charge in [0.05, 0.1) is 24.2 Å². The average Bonchev–Trinajstić information content (AvgIpc) is 3.59. The highest BCUT2D eigenvalue weighted by atomic mass is 19.1. The minimum absolute atomic E-state index is 0.00696. The predicted molar refractivity (Wildman–Crippen MR) is 108 cm³/mol. The lowest BCUT2D eigenvalue weighted by Gasteiger charge is -2.59. The van der Waals surface area contributed by atoms with Gasteiger partial charge in [-0.3, -0.25) is 4.79 Å². The molecule has 3 aliphatic carbocycles. The van der Waals surface area contributed by atoms with Crippen LogP contribution in [0, 0.1) is 16.6 Å². The summed E-state index contributed by atoms with van der Waals surface area (Å²) < 4.78 is 22.1. The second kappa shape index (κ2) is 6.28. The fraction of sp³-hybridized carbons (Fsp3) is 0.609. The molecule has 1 spiro atoms. The maximum Gasteiger partial charge on any atom is 0.255 e. The third kappa shape index (κ3) is 3.19. The molecule has 0 atom stereocenters. The van der Waals surface area contributed by atoms with Crippen LogP contribution in [0.5, 0.6) is 5.88 Å². The number of rotatable bonds is 6. The Morgan fingerprint density at radius 1 is 1.27 bits per heavy atom. The van der Waals surface area contributed by atoms with Crippen molar-refractivity contribution in [1.29, 1.82) is 0 Å². The number of halogens is 1. The summed E-state index contributed by atoms with van der Waals surface area (Å²) in [6.45, 7) is 4.07. The molecule has 1 aliphatic heterocycles. The van der Waals surface area contributed by atoms with Gasteiger partial charge in [-0.05, 0) is 44.6 Å². The van der Waals surface area contributed by atoms with Gasteiger partial charge in [-0.25, -0.2) is 14.4 Å². The molecular weight excluding hydrogens is 383 g/mol. The number of carbonyl (C=O) groups is 1. The molecule has 158 valence electrons. The Hall–Kier alpha value is -2.44. The van der Waals surface area contributed by atoms with Crippen LogP contribution < -0.4 is 4.74 Å². The Morgan fingerprint density at radius 3 is 2.70 bits per heavy atom. The lowest BCUT2D eigenvalue weighted by atomic mass is 9.60. The fourth-order valence-electron chi connectivity index (χ4n) is 4.89. The maximum atomic E-state index is 14.4. The number of hydrogen-bond donors (Lipinski definition) is 0. The normalized spacial score (nSPS) is 23.7. The summed E-state index contributed by atoms with van der Waals surface area (Å²) in [5.41, 5.74) is 1.91. The molecule has 4 fully saturated rings. The number of nitrogens with zero attached hydrogens (tertiary/aromatic N) is 4. The minimum Gasteiger partial charge on any atom is -0.475 e. The van der Waals surface area contributed by atoms with Gasteiger partial charge in [-0.1, -0.05) is 6.92 Å². The minimum atomic E-state index is -0.560. The highest BCUT2D eigenvalue weighted by Crippen LogP contribution is 2.54. The predicted octanol–water partition coefficient (Wildman–Crippen LogP) is 3.95. The molecule has 0 aromatic carbocycles. The number of carbonyl (C=O) groups excluding carboxylic acids is 1. The summed E-state index contributed by atoms with van der Waals surface area (Å²) in [5.74, 6) is -0.0300. The molecule has 3 saturated carbocycles. The maximum absolute atomic E-state index is 14.4. The molecule has 2 aromatic heterocycles. The van der Waals surface area contributed by atoms with Crippen LogP contribution in [0.3, 0.4) is 0 Å². The molecule has 3 heterocycles. The topological polar surface area (TPSA) is 60.2 Å². The molecule has 0 N–H and O–H groups in total. The molecule has 2 aromatic rings. The molecule has 0 radical (unpaired) electrons. The highest BCUT2D eigenvalue weighted by molar-refractivity contribution is 5.94. The molecule has 4 aliphatic rings. The molecule has 1 amide bonds. The van der Waals surface area contributed by atoms with Crippen molar-refractivity contribution in [3.8, 4) is 5.88 Å². The van der Waals surface area contributed by atoms with Crippen molar-refractivity contribution in [1.82, 2.24) is 19.4 Å². The summed E-state index contributed by atoms with van der Waals surface area (Å²) in [7, 11) is 0. The van der Waals surface area contributed by atoms with Crippen LogP contribution in [0.2, 0.25) is 0 Å². The van der Waals surface area contributed by atoms with Crippen LogP contribution >= 0.6 is 0 Å². The van der Waals surface area contributed by atoms with Crippen molar-refractivity contribution in [2.24, 2.45) is 10.8 Å². The zero-order valence-corrected chi connectivity index (χ0v) is 17.3. The van der Waals surface area contributed by atoms with E-state index in [2.05, 4.69) is 27.7 Å². The molecule has 30 heavy (non-hydrogen) atoms. The molecular formula is C23H27FN4O2. The summed E-state index contributed by atoms with van der Waals surface area (Å²) in [6, 6.07) is 1.76. The molecule has 0 bridgehead atoms. The van der Waals surface area contributed by atoms with Gasteiger partial charge in [0.2, 0.25) is 5.88 Å². The number of hydrogen-bond acceptors (Lipinski definition) is 4. The van der Waals surface area contributed by atoms with Crippen molar-refractivity contribution in [2.75, 3.05) is 19.7 Å². The lowest BCUT2D eigenvalue weighted by molar-refractivity contribution is -0.0711. The van der Waals surface area contributed by atoms with Crippen LogP contribution in [-0.4, -0.2) is 45.0 Å². The largest absolute Gasteiger partial charge is 0.475 e. The molecule has 7 heteroatoms. The Morgan fingerprint density at radius 2 is 2.03 bits per heavy atom. The summed E-state index contributed by atoms with van der Waals surface area (Å²) >= 11 is 0. The first-order valence-corrected chi connectivity index (χ1v) is 11.0. The number of amides is 1. The van der Waals surface area contributed by atoms with E-state index in [-0.39, 0.29) is 22.6 Å². The zero-order valence-electron chi connectivity index (χ0n) is 17.3. The van der Waals surface area contributed by atoms with Gasteiger partial charge < -0.3 is 14.2 Å². The number of aromatic nitrogens is 3. The van der Waals surface area contributed by atoms with Gasteiger partial charge in [-0.2, -0.15) is 0 Å². The lowest BCUT2D eigenvalue weighted by Crippen LogP contribution is -2.63. The van der Waals surface area contributed by atoms with Crippen LogP contribution in [-0.2, 0) is 0 Å². The molecule has 0 unspecified atom stereocenters. The third-order valence-electron chi connectivity index (χ3n) is 7.43. The van der Waals surface area contributed by atoms with Crippen LogP contribution in [0.1, 0.15) is 73.5 Å². The smallest absolute Gasteiger partial charge is 0.255 e. The van der Waals surface area contributed by atoms with E-state index in [1.165, 1.54) is 30.8 Å². The van der Waals surface area contributed by atoms with E-state index in [0.29, 0.717) is 24.1 Å². The Labute approximate surface area is 175 Å². The first-order chi connectivity index (χ1) is 14.4. The number of ether oxygens (including phenoxy) is 1. The third-order valence-corrected chi connectivity index (χ3v) is 7.43. The first kappa shape index (κ1) is 18.3. The van der Waals surface area contributed by atoms with Crippen LogP contribution in [0.4, 0.5) is 4.39 Å². The van der Waals surface area contributed by atoms with Gasteiger partial charge in [0, 0.05) is 48.3 Å².